The van der Waals surface area contributed by atoms with Crippen molar-refractivity contribution in [1.29, 1.82) is 0 Å². The maximum atomic E-state index is 13.1. The van der Waals surface area contributed by atoms with Crippen LogP contribution in [0.2, 0.25) is 0 Å². The lowest BCUT2D eigenvalue weighted by atomic mass is 9.59. The van der Waals surface area contributed by atoms with Crippen LogP contribution in [0.3, 0.4) is 0 Å². The van der Waals surface area contributed by atoms with Crippen molar-refractivity contribution in [3.63, 3.8) is 0 Å². The maximum Gasteiger partial charge on any atom is 0.170 e. The number of Topliss-reactive ketones (excluding diaryl/α,β-unsaturated/α-hetero) is 2. The SMILES string of the molecule is C=C1CC[C@H](C(=C)C)[C@H]2[C@H]3O[C@]4(CC(C)C(=O)[C@H]4[C@H]12)C(=O)[C@H]3C. The maximum absolute atomic E-state index is 13.1. The zero-order chi connectivity index (χ0) is 16.7. The summed E-state index contributed by atoms with van der Waals surface area (Å²) in [6.07, 6.45) is 2.42. The third kappa shape index (κ3) is 1.69. The van der Waals surface area contributed by atoms with Gasteiger partial charge in [-0.1, -0.05) is 38.2 Å². The predicted molar refractivity (Wildman–Crippen MR) is 87.7 cm³/mol. The van der Waals surface area contributed by atoms with Crippen molar-refractivity contribution in [2.24, 2.45) is 35.5 Å². The first-order chi connectivity index (χ1) is 10.8. The van der Waals surface area contributed by atoms with Gasteiger partial charge in [0, 0.05) is 11.8 Å². The molecule has 4 aliphatic rings. The molecule has 3 heteroatoms. The van der Waals surface area contributed by atoms with Gasteiger partial charge >= 0.3 is 0 Å². The fourth-order valence-electron chi connectivity index (χ4n) is 6.10. The van der Waals surface area contributed by atoms with Crippen LogP contribution in [0.4, 0.5) is 0 Å². The van der Waals surface area contributed by atoms with Crippen LogP contribution < -0.4 is 0 Å². The van der Waals surface area contributed by atoms with Gasteiger partial charge in [0.25, 0.3) is 0 Å². The van der Waals surface area contributed by atoms with Crippen LogP contribution in [-0.2, 0) is 14.3 Å². The zero-order valence-corrected chi connectivity index (χ0v) is 14.3. The zero-order valence-electron chi connectivity index (χ0n) is 14.3. The molecule has 1 spiro atoms. The van der Waals surface area contributed by atoms with Gasteiger partial charge in [0.15, 0.2) is 5.78 Å². The Morgan fingerprint density at radius 1 is 1.30 bits per heavy atom. The molecule has 0 N–H and O–H groups in total. The Hall–Kier alpha value is -1.22. The molecule has 8 atom stereocenters. The van der Waals surface area contributed by atoms with Gasteiger partial charge in [-0.05, 0) is 43.9 Å². The topological polar surface area (TPSA) is 43.4 Å². The number of fused-ring (bicyclic) bond motifs is 4. The highest BCUT2D eigenvalue weighted by Crippen LogP contribution is 2.63. The average molecular weight is 314 g/mol. The summed E-state index contributed by atoms with van der Waals surface area (Å²) in [5.74, 6) is 0.441. The molecule has 0 aromatic heterocycles. The molecule has 0 aromatic carbocycles. The number of ketones is 2. The molecular formula is C20H26O3. The quantitative estimate of drug-likeness (QED) is 0.697. The Morgan fingerprint density at radius 2 is 2.00 bits per heavy atom. The third-order valence-electron chi connectivity index (χ3n) is 7.07. The van der Waals surface area contributed by atoms with Crippen molar-refractivity contribution in [3.8, 4) is 0 Å². The van der Waals surface area contributed by atoms with Crippen LogP contribution in [0, 0.1) is 35.5 Å². The number of ether oxygens (including phenoxy) is 1. The van der Waals surface area contributed by atoms with Gasteiger partial charge in [0.2, 0.25) is 0 Å². The van der Waals surface area contributed by atoms with Crippen LogP contribution in [0.15, 0.2) is 24.3 Å². The Bertz CT molecular complexity index is 633. The third-order valence-corrected chi connectivity index (χ3v) is 7.07. The van der Waals surface area contributed by atoms with E-state index in [4.69, 9.17) is 4.74 Å². The smallest absolute Gasteiger partial charge is 0.170 e. The minimum atomic E-state index is -0.859. The molecule has 23 heavy (non-hydrogen) atoms. The Balaban J connectivity index is 1.89. The molecular weight excluding hydrogens is 288 g/mol. The van der Waals surface area contributed by atoms with Gasteiger partial charge in [-0.25, -0.2) is 0 Å². The summed E-state index contributed by atoms with van der Waals surface area (Å²) in [7, 11) is 0. The van der Waals surface area contributed by atoms with Crippen LogP contribution in [0.25, 0.3) is 0 Å². The van der Waals surface area contributed by atoms with Gasteiger partial charge in [-0.15, -0.1) is 0 Å². The van der Waals surface area contributed by atoms with Crippen molar-refractivity contribution >= 4 is 11.6 Å². The van der Waals surface area contributed by atoms with Gasteiger partial charge in [-0.3, -0.25) is 9.59 Å². The van der Waals surface area contributed by atoms with E-state index in [1.54, 1.807) is 0 Å². The van der Waals surface area contributed by atoms with E-state index in [0.29, 0.717) is 12.3 Å². The molecule has 2 heterocycles. The highest BCUT2D eigenvalue weighted by Gasteiger charge is 2.72. The fraction of sp³-hybridized carbons (Fsp3) is 0.700. The number of allylic oxidation sites excluding steroid dienone is 2. The van der Waals surface area contributed by atoms with Crippen LogP contribution in [0.1, 0.15) is 40.0 Å². The molecule has 0 amide bonds. The lowest BCUT2D eigenvalue weighted by Gasteiger charge is -2.51. The number of carbonyl (C=O) groups is 2. The first kappa shape index (κ1) is 15.3. The van der Waals surface area contributed by atoms with E-state index < -0.39 is 5.60 Å². The van der Waals surface area contributed by atoms with E-state index in [-0.39, 0.29) is 47.3 Å². The van der Waals surface area contributed by atoms with E-state index in [2.05, 4.69) is 20.1 Å². The molecule has 2 saturated carbocycles. The molecule has 124 valence electrons. The molecule has 3 nitrogen and oxygen atoms in total. The Kier molecular flexibility index (Phi) is 3.10. The van der Waals surface area contributed by atoms with Gasteiger partial charge in [0.1, 0.15) is 11.4 Å². The van der Waals surface area contributed by atoms with Crippen molar-refractivity contribution in [1.82, 2.24) is 0 Å². The van der Waals surface area contributed by atoms with Gasteiger partial charge in [0.05, 0.1) is 12.0 Å². The van der Waals surface area contributed by atoms with Crippen molar-refractivity contribution in [3.05, 3.63) is 24.3 Å². The number of rotatable bonds is 1. The van der Waals surface area contributed by atoms with Gasteiger partial charge < -0.3 is 4.74 Å². The van der Waals surface area contributed by atoms with E-state index in [1.165, 1.54) is 0 Å². The lowest BCUT2D eigenvalue weighted by molar-refractivity contribution is -0.176. The lowest BCUT2D eigenvalue weighted by Crippen LogP contribution is -2.55. The fourth-order valence-corrected chi connectivity index (χ4v) is 6.10. The molecule has 2 saturated heterocycles. The summed E-state index contributed by atoms with van der Waals surface area (Å²) >= 11 is 0. The molecule has 2 aliphatic heterocycles. The minimum absolute atomic E-state index is 0.0828. The summed E-state index contributed by atoms with van der Waals surface area (Å²) in [6.45, 7) is 14.5. The second kappa shape index (κ2) is 4.66. The van der Waals surface area contributed by atoms with Crippen LogP contribution in [0.5, 0.6) is 0 Å². The Morgan fingerprint density at radius 3 is 2.65 bits per heavy atom. The van der Waals surface area contributed by atoms with Crippen molar-refractivity contribution in [2.75, 3.05) is 0 Å². The highest BCUT2D eigenvalue weighted by molar-refractivity contribution is 6.02. The molecule has 1 unspecified atom stereocenters. The predicted octanol–water partition coefficient (Wildman–Crippen LogP) is 3.34. The summed E-state index contributed by atoms with van der Waals surface area (Å²) in [6, 6.07) is 0. The molecule has 0 radical (unpaired) electrons. The summed E-state index contributed by atoms with van der Waals surface area (Å²) in [5, 5.41) is 0. The normalized spacial score (nSPS) is 51.6. The standard InChI is InChI=1S/C20H26O3/c1-9(2)13-7-6-10(3)14-15(13)18-12(5)19(22)20(23-18)8-11(4)17(21)16(14)20/h11-16,18H,1,3,6-8H2,2,4-5H3/t11?,12-,13+,14+,15+,16+,18-,20-/m0/s1. The molecule has 2 aliphatic carbocycles. The van der Waals surface area contributed by atoms with E-state index in [1.807, 2.05) is 13.8 Å². The minimum Gasteiger partial charge on any atom is -0.362 e. The first-order valence-electron chi connectivity index (χ1n) is 8.88. The largest absolute Gasteiger partial charge is 0.362 e. The van der Waals surface area contributed by atoms with E-state index >= 15 is 0 Å². The summed E-state index contributed by atoms with van der Waals surface area (Å²) in [5.41, 5.74) is 1.44. The highest BCUT2D eigenvalue weighted by atomic mass is 16.5. The molecule has 2 bridgehead atoms. The Labute approximate surface area is 138 Å². The van der Waals surface area contributed by atoms with E-state index in [0.717, 1.165) is 24.0 Å². The number of hydrogen-bond donors (Lipinski definition) is 0. The van der Waals surface area contributed by atoms with Crippen molar-refractivity contribution < 1.29 is 14.3 Å². The monoisotopic (exact) mass is 314 g/mol. The van der Waals surface area contributed by atoms with Gasteiger partial charge in [-0.2, -0.15) is 0 Å². The second-order valence-corrected chi connectivity index (χ2v) is 8.36. The van der Waals surface area contributed by atoms with Crippen molar-refractivity contribution in [2.45, 2.75) is 51.7 Å². The number of hydrogen-bond acceptors (Lipinski definition) is 3. The van der Waals surface area contributed by atoms with E-state index in [9.17, 15) is 9.59 Å². The molecule has 4 rings (SSSR count). The second-order valence-electron chi connectivity index (χ2n) is 8.36. The van der Waals surface area contributed by atoms with Crippen LogP contribution in [-0.4, -0.2) is 23.3 Å². The summed E-state index contributed by atoms with van der Waals surface area (Å²) in [4.78, 5) is 26.0. The van der Waals surface area contributed by atoms with Crippen LogP contribution >= 0.6 is 0 Å². The summed E-state index contributed by atoms with van der Waals surface area (Å²) < 4.78 is 6.42. The first-order valence-corrected chi connectivity index (χ1v) is 8.88. The molecule has 0 aromatic rings. The molecule has 4 fully saturated rings. The number of carbonyl (C=O) groups excluding carboxylic acids is 2. The average Bonchev–Trinajstić information content (AvgIpc) is 2.87.